The minimum atomic E-state index is 0.350. The van der Waals surface area contributed by atoms with E-state index in [4.69, 9.17) is 0 Å². The summed E-state index contributed by atoms with van der Waals surface area (Å²) in [6, 6.07) is 10.7. The van der Waals surface area contributed by atoms with Crippen molar-refractivity contribution >= 4 is 5.69 Å². The van der Waals surface area contributed by atoms with Gasteiger partial charge in [-0.2, -0.15) is 0 Å². The summed E-state index contributed by atoms with van der Waals surface area (Å²) < 4.78 is 0. The highest BCUT2D eigenvalue weighted by atomic mass is 15.2. The van der Waals surface area contributed by atoms with Gasteiger partial charge in [0.1, 0.15) is 0 Å². The second-order valence-corrected chi connectivity index (χ2v) is 5.41. The first-order valence-corrected chi connectivity index (χ1v) is 5.84. The normalized spacial score (nSPS) is 27.5. The number of hydrogen-bond donors (Lipinski definition) is 0. The van der Waals surface area contributed by atoms with Crippen LogP contribution in [0.25, 0.3) is 0 Å². The fraction of sp³-hybridized carbons (Fsp3) is 0.571. The third-order valence-corrected chi connectivity index (χ3v) is 4.10. The molecule has 0 aromatic heterocycles. The van der Waals surface area contributed by atoms with Crippen LogP contribution >= 0.6 is 0 Å². The van der Waals surface area contributed by atoms with Crippen LogP contribution in [0.1, 0.15) is 34.1 Å². The molecule has 1 aromatic carbocycles. The van der Waals surface area contributed by atoms with Gasteiger partial charge in [-0.15, -0.1) is 0 Å². The maximum Gasteiger partial charge on any atom is 0.0431 e. The van der Waals surface area contributed by atoms with Crippen molar-refractivity contribution < 1.29 is 0 Å². The third-order valence-electron chi connectivity index (χ3n) is 4.10. The monoisotopic (exact) mass is 203 g/mol. The molecule has 1 atom stereocenters. The molecular weight excluding hydrogens is 182 g/mol. The van der Waals surface area contributed by atoms with Gasteiger partial charge in [-0.25, -0.2) is 0 Å². The maximum atomic E-state index is 2.53. The van der Waals surface area contributed by atoms with E-state index in [1.165, 1.54) is 12.1 Å². The first kappa shape index (κ1) is 10.5. The molecule has 0 heterocycles. The van der Waals surface area contributed by atoms with E-state index in [0.717, 1.165) is 6.54 Å². The minimum absolute atomic E-state index is 0.350. The van der Waals surface area contributed by atoms with Gasteiger partial charge in [0, 0.05) is 17.8 Å². The summed E-state index contributed by atoms with van der Waals surface area (Å²) in [4.78, 5) is 2.53. The second kappa shape index (κ2) is 3.26. The van der Waals surface area contributed by atoms with Crippen LogP contribution in [0.4, 0.5) is 5.69 Å². The van der Waals surface area contributed by atoms with Crippen molar-refractivity contribution in [3.05, 3.63) is 30.3 Å². The van der Waals surface area contributed by atoms with E-state index in [2.05, 4.69) is 62.9 Å². The maximum absolute atomic E-state index is 2.53. The lowest BCUT2D eigenvalue weighted by molar-refractivity contribution is 0.489. The first-order chi connectivity index (χ1) is 7.01. The largest absolute Gasteiger partial charge is 0.366 e. The second-order valence-electron chi connectivity index (χ2n) is 5.41. The van der Waals surface area contributed by atoms with Gasteiger partial charge in [0.25, 0.3) is 0 Å². The van der Waals surface area contributed by atoms with Crippen LogP contribution in [0.5, 0.6) is 0 Å². The zero-order valence-electron chi connectivity index (χ0n) is 10.2. The summed E-state index contributed by atoms with van der Waals surface area (Å²) in [5.74, 6) is 0. The topological polar surface area (TPSA) is 3.24 Å². The van der Waals surface area contributed by atoms with E-state index in [1.807, 2.05) is 0 Å². The zero-order valence-corrected chi connectivity index (χ0v) is 10.2. The van der Waals surface area contributed by atoms with Crippen LogP contribution in [0.2, 0.25) is 0 Å². The standard InChI is InChI=1S/C14H21N/c1-5-15(12-9-7-6-8-10-12)14(4)11-13(14,2)3/h6-10H,5,11H2,1-4H3. The fourth-order valence-electron chi connectivity index (χ4n) is 2.70. The zero-order chi connectivity index (χ0) is 11.1. The van der Waals surface area contributed by atoms with E-state index in [9.17, 15) is 0 Å². The van der Waals surface area contributed by atoms with Gasteiger partial charge in [0.2, 0.25) is 0 Å². The Morgan fingerprint density at radius 2 is 1.67 bits per heavy atom. The molecule has 0 N–H and O–H groups in total. The Balaban J connectivity index is 2.27. The Bertz CT molecular complexity index is 342. The molecule has 1 aromatic rings. The van der Waals surface area contributed by atoms with E-state index in [-0.39, 0.29) is 0 Å². The Morgan fingerprint density at radius 1 is 1.13 bits per heavy atom. The summed E-state index contributed by atoms with van der Waals surface area (Å²) >= 11 is 0. The predicted octanol–water partition coefficient (Wildman–Crippen LogP) is 3.70. The molecule has 1 heteroatoms. The molecule has 1 aliphatic carbocycles. The minimum Gasteiger partial charge on any atom is -0.366 e. The average molecular weight is 203 g/mol. The number of anilines is 1. The molecule has 0 spiro atoms. The van der Waals surface area contributed by atoms with Crippen LogP contribution in [0.15, 0.2) is 30.3 Å². The number of para-hydroxylation sites is 1. The molecule has 0 amide bonds. The van der Waals surface area contributed by atoms with Crippen molar-refractivity contribution in [3.63, 3.8) is 0 Å². The van der Waals surface area contributed by atoms with Crippen LogP contribution in [0.3, 0.4) is 0 Å². The fourth-order valence-corrected chi connectivity index (χ4v) is 2.70. The van der Waals surface area contributed by atoms with Gasteiger partial charge >= 0.3 is 0 Å². The van der Waals surface area contributed by atoms with Crippen molar-refractivity contribution in [1.29, 1.82) is 0 Å². The molecule has 1 unspecified atom stereocenters. The lowest BCUT2D eigenvalue weighted by Gasteiger charge is -2.33. The van der Waals surface area contributed by atoms with Crippen LogP contribution in [-0.2, 0) is 0 Å². The average Bonchev–Trinajstić information content (AvgIpc) is 2.69. The highest BCUT2D eigenvalue weighted by Crippen LogP contribution is 2.59. The Kier molecular flexibility index (Phi) is 2.29. The number of benzene rings is 1. The van der Waals surface area contributed by atoms with Gasteiger partial charge in [0.05, 0.1) is 0 Å². The molecule has 82 valence electrons. The van der Waals surface area contributed by atoms with E-state index >= 15 is 0 Å². The molecular formula is C14H21N. The third kappa shape index (κ3) is 1.54. The Hall–Kier alpha value is -0.980. The van der Waals surface area contributed by atoms with Gasteiger partial charge in [-0.05, 0) is 37.8 Å². The van der Waals surface area contributed by atoms with Gasteiger partial charge in [0.15, 0.2) is 0 Å². The summed E-state index contributed by atoms with van der Waals surface area (Å²) in [6.07, 6.45) is 1.29. The smallest absolute Gasteiger partial charge is 0.0431 e. The van der Waals surface area contributed by atoms with Crippen molar-refractivity contribution in [3.8, 4) is 0 Å². The molecule has 1 aliphatic rings. The lowest BCUT2D eigenvalue weighted by atomic mass is 10.0. The molecule has 1 nitrogen and oxygen atoms in total. The summed E-state index contributed by atoms with van der Waals surface area (Å²) in [6.45, 7) is 10.4. The molecule has 1 fully saturated rings. The Morgan fingerprint density at radius 3 is 2.07 bits per heavy atom. The van der Waals surface area contributed by atoms with Crippen molar-refractivity contribution in [2.75, 3.05) is 11.4 Å². The molecule has 0 aliphatic heterocycles. The lowest BCUT2D eigenvalue weighted by Crippen LogP contribution is -2.38. The van der Waals surface area contributed by atoms with E-state index in [0.29, 0.717) is 11.0 Å². The van der Waals surface area contributed by atoms with Crippen LogP contribution in [-0.4, -0.2) is 12.1 Å². The van der Waals surface area contributed by atoms with Crippen molar-refractivity contribution in [2.24, 2.45) is 5.41 Å². The Labute approximate surface area is 93.1 Å². The highest BCUT2D eigenvalue weighted by molar-refractivity contribution is 5.52. The van der Waals surface area contributed by atoms with E-state index < -0.39 is 0 Å². The van der Waals surface area contributed by atoms with Crippen LogP contribution in [0, 0.1) is 5.41 Å². The SMILES string of the molecule is CCN(c1ccccc1)C1(C)CC1(C)C. The molecule has 15 heavy (non-hydrogen) atoms. The van der Waals surface area contributed by atoms with E-state index in [1.54, 1.807) is 0 Å². The summed E-state index contributed by atoms with van der Waals surface area (Å²) in [5, 5.41) is 0. The molecule has 1 saturated carbocycles. The summed E-state index contributed by atoms with van der Waals surface area (Å²) in [5.41, 5.74) is 2.16. The van der Waals surface area contributed by atoms with Gasteiger partial charge in [-0.3, -0.25) is 0 Å². The highest BCUT2D eigenvalue weighted by Gasteiger charge is 2.60. The quantitative estimate of drug-likeness (QED) is 0.724. The molecule has 2 rings (SSSR count). The molecule has 0 radical (unpaired) electrons. The predicted molar refractivity (Wildman–Crippen MR) is 66.3 cm³/mol. The van der Waals surface area contributed by atoms with Crippen molar-refractivity contribution in [2.45, 2.75) is 39.7 Å². The number of nitrogens with zero attached hydrogens (tertiary/aromatic N) is 1. The molecule has 0 bridgehead atoms. The molecule has 0 saturated heterocycles. The van der Waals surface area contributed by atoms with Gasteiger partial charge in [-0.1, -0.05) is 32.0 Å². The van der Waals surface area contributed by atoms with Crippen LogP contribution < -0.4 is 4.90 Å². The summed E-state index contributed by atoms with van der Waals surface area (Å²) in [7, 11) is 0. The number of hydrogen-bond acceptors (Lipinski definition) is 1. The first-order valence-electron chi connectivity index (χ1n) is 5.84. The number of rotatable bonds is 3. The van der Waals surface area contributed by atoms with Gasteiger partial charge < -0.3 is 4.90 Å². The van der Waals surface area contributed by atoms with Crippen molar-refractivity contribution in [1.82, 2.24) is 0 Å².